The molecule has 29 heavy (non-hydrogen) atoms. The Morgan fingerprint density at radius 2 is 1.90 bits per heavy atom. The molecule has 1 unspecified atom stereocenters. The van der Waals surface area contributed by atoms with Crippen LogP contribution in [0.25, 0.3) is 0 Å². The van der Waals surface area contributed by atoms with E-state index in [-0.39, 0.29) is 17.4 Å². The molecular weight excluding hydrogens is 390 g/mol. The topological polar surface area (TPSA) is 76.1 Å². The molecule has 1 saturated carbocycles. The second-order valence-corrected chi connectivity index (χ2v) is 8.15. The highest BCUT2D eigenvalue weighted by Crippen LogP contribution is 2.47. The average molecular weight is 413 g/mol. The van der Waals surface area contributed by atoms with Crippen molar-refractivity contribution in [1.29, 1.82) is 0 Å². The van der Waals surface area contributed by atoms with Crippen LogP contribution in [0.1, 0.15) is 47.0 Å². The van der Waals surface area contributed by atoms with Gasteiger partial charge in [-0.3, -0.25) is 9.59 Å². The van der Waals surface area contributed by atoms with Crippen molar-refractivity contribution in [3.63, 3.8) is 0 Å². The van der Waals surface area contributed by atoms with Gasteiger partial charge in [-0.1, -0.05) is 31.0 Å². The first-order chi connectivity index (χ1) is 14.1. The lowest BCUT2D eigenvalue weighted by Gasteiger charge is -2.33. The summed E-state index contributed by atoms with van der Waals surface area (Å²) >= 11 is 1.29. The molecule has 1 aliphatic carbocycles. The van der Waals surface area contributed by atoms with Crippen molar-refractivity contribution in [2.75, 3.05) is 14.2 Å². The zero-order chi connectivity index (χ0) is 20.5. The Bertz CT molecular complexity index is 960. The van der Waals surface area contributed by atoms with Gasteiger partial charge < -0.3 is 19.5 Å². The Balaban J connectivity index is 1.89. The minimum atomic E-state index is -0.717. The van der Waals surface area contributed by atoms with E-state index in [4.69, 9.17) is 9.47 Å². The number of carbonyl (C=O) groups is 2. The van der Waals surface area contributed by atoms with Crippen molar-refractivity contribution in [3.8, 4) is 11.5 Å². The number of para-hydroxylation sites is 1. The Hall–Kier alpha value is -2.80. The van der Waals surface area contributed by atoms with Gasteiger partial charge >= 0.3 is 0 Å². The van der Waals surface area contributed by atoms with E-state index in [2.05, 4.69) is 0 Å². The van der Waals surface area contributed by atoms with Gasteiger partial charge in [0.1, 0.15) is 0 Å². The maximum absolute atomic E-state index is 13.3. The van der Waals surface area contributed by atoms with Crippen LogP contribution in [0.2, 0.25) is 0 Å². The first-order valence-electron chi connectivity index (χ1n) is 9.63. The number of aliphatic hydroxyl groups is 1. The third kappa shape index (κ3) is 3.19. The molecular formula is C22H23NO5S. The molecule has 1 N–H and O–H groups in total. The Morgan fingerprint density at radius 1 is 1.14 bits per heavy atom. The molecule has 1 aromatic heterocycles. The fraction of sp³-hybridized carbons (Fsp3) is 0.364. The van der Waals surface area contributed by atoms with E-state index in [0.717, 1.165) is 25.7 Å². The molecule has 1 aliphatic heterocycles. The number of amides is 1. The van der Waals surface area contributed by atoms with Crippen LogP contribution in [-0.2, 0) is 4.79 Å². The number of benzene rings is 1. The normalized spacial score (nSPS) is 19.9. The van der Waals surface area contributed by atoms with Crippen LogP contribution < -0.4 is 9.47 Å². The van der Waals surface area contributed by atoms with Gasteiger partial charge in [0.05, 0.1) is 30.7 Å². The number of Topliss-reactive ketones (excluding diaryl/α,β-unsaturated/α-hetero) is 1. The first-order valence-corrected chi connectivity index (χ1v) is 10.5. The summed E-state index contributed by atoms with van der Waals surface area (Å²) in [6.45, 7) is 0. The largest absolute Gasteiger partial charge is 0.503 e. The maximum atomic E-state index is 13.3. The van der Waals surface area contributed by atoms with Gasteiger partial charge in [-0.15, -0.1) is 11.3 Å². The minimum absolute atomic E-state index is 0.0285. The molecule has 152 valence electrons. The number of nitrogens with zero attached hydrogens (tertiary/aromatic N) is 1. The monoisotopic (exact) mass is 413 g/mol. The lowest BCUT2D eigenvalue weighted by atomic mass is 9.93. The number of hydrogen-bond donors (Lipinski definition) is 1. The number of rotatable bonds is 6. The van der Waals surface area contributed by atoms with Gasteiger partial charge in [0, 0.05) is 11.6 Å². The molecule has 0 saturated heterocycles. The van der Waals surface area contributed by atoms with Crippen molar-refractivity contribution in [2.45, 2.75) is 37.8 Å². The van der Waals surface area contributed by atoms with Crippen molar-refractivity contribution < 1.29 is 24.2 Å². The Kier molecular flexibility index (Phi) is 5.32. The van der Waals surface area contributed by atoms with Gasteiger partial charge in [0.25, 0.3) is 5.91 Å². The lowest BCUT2D eigenvalue weighted by molar-refractivity contribution is -0.131. The predicted octanol–water partition coefficient (Wildman–Crippen LogP) is 4.29. The zero-order valence-electron chi connectivity index (χ0n) is 16.4. The summed E-state index contributed by atoms with van der Waals surface area (Å²) in [6.07, 6.45) is 3.74. The smallest absolute Gasteiger partial charge is 0.290 e. The SMILES string of the molecule is COc1cccc(C2C(C(=O)c3cccs3)=C(O)C(=O)N2C2CCCC2)c1OC. The molecule has 1 fully saturated rings. The van der Waals surface area contributed by atoms with E-state index < -0.39 is 17.7 Å². The molecule has 2 aliphatic rings. The third-order valence-electron chi connectivity index (χ3n) is 5.68. The number of ether oxygens (including phenoxy) is 2. The first kappa shape index (κ1) is 19.5. The second kappa shape index (κ2) is 7.91. The lowest BCUT2D eigenvalue weighted by Crippen LogP contribution is -2.38. The summed E-state index contributed by atoms with van der Waals surface area (Å²) in [6, 6.07) is 8.13. The van der Waals surface area contributed by atoms with Crippen LogP contribution in [0, 0.1) is 0 Å². The van der Waals surface area contributed by atoms with Crippen LogP contribution in [0.3, 0.4) is 0 Å². The van der Waals surface area contributed by atoms with E-state index in [1.807, 2.05) is 6.07 Å². The Labute approximate surface area is 173 Å². The second-order valence-electron chi connectivity index (χ2n) is 7.20. The van der Waals surface area contributed by atoms with Crippen LogP contribution in [0.5, 0.6) is 11.5 Å². The van der Waals surface area contributed by atoms with Crippen LogP contribution in [0.4, 0.5) is 0 Å². The predicted molar refractivity (Wildman–Crippen MR) is 110 cm³/mol. The van der Waals surface area contributed by atoms with Crippen molar-refractivity contribution in [2.24, 2.45) is 0 Å². The van der Waals surface area contributed by atoms with Crippen molar-refractivity contribution in [3.05, 3.63) is 57.5 Å². The van der Waals surface area contributed by atoms with Gasteiger partial charge in [-0.05, 0) is 30.4 Å². The molecule has 2 heterocycles. The standard InChI is InChI=1S/C22H23NO5S/c1-27-15-10-5-9-14(21(15)28-2)18-17(19(24)16-11-6-12-29-16)20(25)22(26)23(18)13-7-3-4-8-13/h5-6,9-13,18,25H,3-4,7-8H2,1-2H3. The summed E-state index contributed by atoms with van der Waals surface area (Å²) in [5.74, 6) is -0.321. The molecule has 4 rings (SSSR count). The minimum Gasteiger partial charge on any atom is -0.503 e. The highest BCUT2D eigenvalue weighted by atomic mass is 32.1. The van der Waals surface area contributed by atoms with Crippen molar-refractivity contribution in [1.82, 2.24) is 4.90 Å². The van der Waals surface area contributed by atoms with Crippen LogP contribution in [-0.4, -0.2) is 42.0 Å². The molecule has 0 radical (unpaired) electrons. The number of aliphatic hydroxyl groups excluding tert-OH is 1. The highest BCUT2D eigenvalue weighted by Gasteiger charge is 2.48. The maximum Gasteiger partial charge on any atom is 0.290 e. The van der Waals surface area contributed by atoms with Crippen LogP contribution in [0.15, 0.2) is 47.0 Å². The van der Waals surface area contributed by atoms with E-state index in [9.17, 15) is 14.7 Å². The number of carbonyl (C=O) groups excluding carboxylic acids is 2. The summed E-state index contributed by atoms with van der Waals surface area (Å²) in [5, 5.41) is 12.6. The fourth-order valence-electron chi connectivity index (χ4n) is 4.39. The molecule has 6 nitrogen and oxygen atoms in total. The van der Waals surface area contributed by atoms with E-state index in [1.165, 1.54) is 18.4 Å². The quantitative estimate of drug-likeness (QED) is 0.715. The molecule has 0 bridgehead atoms. The van der Waals surface area contributed by atoms with Gasteiger partial charge in [-0.25, -0.2) is 0 Å². The summed E-state index contributed by atoms with van der Waals surface area (Å²) in [7, 11) is 3.07. The number of ketones is 1. The fourth-order valence-corrected chi connectivity index (χ4v) is 5.07. The average Bonchev–Trinajstić information content (AvgIpc) is 3.49. The van der Waals surface area contributed by atoms with E-state index >= 15 is 0 Å². The van der Waals surface area contributed by atoms with Gasteiger partial charge in [0.2, 0.25) is 5.78 Å². The molecule has 1 amide bonds. The van der Waals surface area contributed by atoms with E-state index in [1.54, 1.807) is 41.7 Å². The molecule has 7 heteroatoms. The van der Waals surface area contributed by atoms with Crippen molar-refractivity contribution >= 4 is 23.0 Å². The molecule has 0 spiro atoms. The number of thiophene rings is 1. The summed E-state index contributed by atoms with van der Waals surface area (Å²) in [5.41, 5.74) is 0.743. The number of methoxy groups -OCH3 is 2. The van der Waals surface area contributed by atoms with Gasteiger partial charge in [0.15, 0.2) is 17.3 Å². The third-order valence-corrected chi connectivity index (χ3v) is 6.55. The number of hydrogen-bond acceptors (Lipinski definition) is 6. The Morgan fingerprint density at radius 3 is 2.52 bits per heavy atom. The summed E-state index contributed by atoms with van der Waals surface area (Å²) in [4.78, 5) is 28.6. The highest BCUT2D eigenvalue weighted by molar-refractivity contribution is 7.12. The molecule has 1 atom stereocenters. The summed E-state index contributed by atoms with van der Waals surface area (Å²) < 4.78 is 11.0. The van der Waals surface area contributed by atoms with Crippen LogP contribution >= 0.6 is 11.3 Å². The zero-order valence-corrected chi connectivity index (χ0v) is 17.2. The molecule has 1 aromatic carbocycles. The molecule has 2 aromatic rings. The van der Waals surface area contributed by atoms with Gasteiger partial charge in [-0.2, -0.15) is 0 Å². The van der Waals surface area contributed by atoms with E-state index in [0.29, 0.717) is 21.9 Å².